The Bertz CT molecular complexity index is 930. The van der Waals surface area contributed by atoms with Crippen LogP contribution in [-0.2, 0) is 9.53 Å². The third kappa shape index (κ3) is 5.02. The summed E-state index contributed by atoms with van der Waals surface area (Å²) in [5, 5.41) is 1.19. The fourth-order valence-corrected chi connectivity index (χ4v) is 4.61. The largest absolute Gasteiger partial charge is 0.481 e. The van der Waals surface area contributed by atoms with E-state index in [4.69, 9.17) is 21.1 Å². The zero-order valence-corrected chi connectivity index (χ0v) is 19.5. The van der Waals surface area contributed by atoms with Gasteiger partial charge in [-0.15, -0.1) is 0 Å². The van der Waals surface area contributed by atoms with E-state index >= 15 is 0 Å². The van der Waals surface area contributed by atoms with Crippen LogP contribution in [0.5, 0.6) is 5.75 Å². The average molecular weight is 451 g/mol. The van der Waals surface area contributed by atoms with Crippen LogP contribution in [0.4, 0.5) is 5.13 Å². The normalized spacial score (nSPS) is 17.1. The first kappa shape index (κ1) is 22.7. The Morgan fingerprint density at radius 1 is 1.33 bits per heavy atom. The summed E-state index contributed by atoms with van der Waals surface area (Å²) in [5.74, 6) is 0.309. The predicted molar refractivity (Wildman–Crippen MR) is 119 cm³/mol. The molecule has 1 aromatic heterocycles. The van der Waals surface area contributed by atoms with E-state index in [0.29, 0.717) is 39.6 Å². The van der Waals surface area contributed by atoms with Gasteiger partial charge in [0.05, 0.1) is 23.2 Å². The van der Waals surface area contributed by atoms with Gasteiger partial charge in [0, 0.05) is 18.6 Å². The Morgan fingerprint density at radius 3 is 2.53 bits per heavy atom. The van der Waals surface area contributed by atoms with Crippen LogP contribution >= 0.6 is 22.9 Å². The monoisotopic (exact) mass is 450 g/mol. The number of benzene rings is 1. The van der Waals surface area contributed by atoms with E-state index < -0.39 is 6.10 Å². The van der Waals surface area contributed by atoms with E-state index in [9.17, 15) is 9.59 Å². The highest BCUT2D eigenvalue weighted by molar-refractivity contribution is 7.17. The summed E-state index contributed by atoms with van der Waals surface area (Å²) < 4.78 is 11.7. The smallest absolute Gasteiger partial charge is 0.269 e. The van der Waals surface area contributed by atoms with Gasteiger partial charge in [0.15, 0.2) is 17.0 Å². The Hall–Kier alpha value is -1.96. The van der Waals surface area contributed by atoms with Gasteiger partial charge < -0.3 is 9.47 Å². The van der Waals surface area contributed by atoms with Gasteiger partial charge in [-0.05, 0) is 63.8 Å². The van der Waals surface area contributed by atoms with Gasteiger partial charge in [-0.3, -0.25) is 14.5 Å². The van der Waals surface area contributed by atoms with Crippen molar-refractivity contribution >= 4 is 39.8 Å². The quantitative estimate of drug-likeness (QED) is 0.561. The number of aromatic nitrogens is 1. The highest BCUT2D eigenvalue weighted by Gasteiger charge is 2.31. The SMILES string of the molecule is CC(=O)c1sc(N(C[C@@H]2CCCO2)C(=O)[C@@H](C)Oc2cc(C)c(Cl)c(C)c2)nc1C. The van der Waals surface area contributed by atoms with Gasteiger partial charge in [-0.1, -0.05) is 22.9 Å². The first-order valence-corrected chi connectivity index (χ1v) is 11.2. The molecule has 0 saturated carbocycles. The molecule has 162 valence electrons. The topological polar surface area (TPSA) is 68.7 Å². The minimum atomic E-state index is -0.739. The number of anilines is 1. The lowest BCUT2D eigenvalue weighted by Crippen LogP contribution is -2.44. The zero-order chi connectivity index (χ0) is 22.0. The van der Waals surface area contributed by atoms with Crippen molar-refractivity contribution in [2.24, 2.45) is 0 Å². The van der Waals surface area contributed by atoms with Crippen molar-refractivity contribution in [3.63, 3.8) is 0 Å². The predicted octanol–water partition coefficient (Wildman–Crippen LogP) is 4.90. The minimum Gasteiger partial charge on any atom is -0.481 e. The van der Waals surface area contributed by atoms with Crippen molar-refractivity contribution in [3.05, 3.63) is 38.9 Å². The molecule has 1 saturated heterocycles. The molecular formula is C22H27ClN2O4S. The van der Waals surface area contributed by atoms with Gasteiger partial charge in [0.1, 0.15) is 5.75 Å². The van der Waals surface area contributed by atoms with Crippen LogP contribution in [0.3, 0.4) is 0 Å². The number of Topliss-reactive ketones (excluding diaryl/α,β-unsaturated/α-hetero) is 1. The number of nitrogens with zero attached hydrogens (tertiary/aromatic N) is 2. The highest BCUT2D eigenvalue weighted by atomic mass is 35.5. The maximum atomic E-state index is 13.4. The number of aryl methyl sites for hydroxylation is 3. The van der Waals surface area contributed by atoms with Crippen molar-refractivity contribution in [2.75, 3.05) is 18.1 Å². The van der Waals surface area contributed by atoms with Crippen LogP contribution in [0.1, 0.15) is 53.2 Å². The summed E-state index contributed by atoms with van der Waals surface area (Å²) in [4.78, 5) is 31.9. The molecular weight excluding hydrogens is 424 g/mol. The molecule has 0 N–H and O–H groups in total. The van der Waals surface area contributed by atoms with Crippen molar-refractivity contribution in [3.8, 4) is 5.75 Å². The van der Waals surface area contributed by atoms with Crippen LogP contribution in [0.25, 0.3) is 0 Å². The summed E-state index contributed by atoms with van der Waals surface area (Å²) in [7, 11) is 0. The molecule has 0 aliphatic carbocycles. The Morgan fingerprint density at radius 2 is 2.00 bits per heavy atom. The molecule has 2 heterocycles. The lowest BCUT2D eigenvalue weighted by Gasteiger charge is -2.26. The number of amides is 1. The number of ether oxygens (including phenoxy) is 2. The fraction of sp³-hybridized carbons (Fsp3) is 0.500. The van der Waals surface area contributed by atoms with Crippen LogP contribution in [-0.4, -0.2) is 42.0 Å². The molecule has 0 unspecified atom stereocenters. The number of thiazole rings is 1. The summed E-state index contributed by atoms with van der Waals surface area (Å²) in [5.41, 5.74) is 2.42. The summed E-state index contributed by atoms with van der Waals surface area (Å²) >= 11 is 7.47. The number of carbonyl (C=O) groups is 2. The molecule has 6 nitrogen and oxygen atoms in total. The van der Waals surface area contributed by atoms with Crippen LogP contribution in [0.15, 0.2) is 12.1 Å². The summed E-state index contributed by atoms with van der Waals surface area (Å²) in [6.07, 6.45) is 1.07. The number of carbonyl (C=O) groups excluding carboxylic acids is 2. The molecule has 0 bridgehead atoms. The van der Waals surface area contributed by atoms with Crippen LogP contribution in [0, 0.1) is 20.8 Å². The molecule has 8 heteroatoms. The van der Waals surface area contributed by atoms with E-state index in [1.54, 1.807) is 18.7 Å². The van der Waals surface area contributed by atoms with E-state index in [1.807, 2.05) is 26.0 Å². The average Bonchev–Trinajstić information content (AvgIpc) is 3.32. The second-order valence-corrected chi connectivity index (χ2v) is 9.04. The van der Waals surface area contributed by atoms with Crippen LogP contribution in [0.2, 0.25) is 5.02 Å². The van der Waals surface area contributed by atoms with E-state index in [2.05, 4.69) is 4.98 Å². The van der Waals surface area contributed by atoms with Gasteiger partial charge in [0.25, 0.3) is 5.91 Å². The van der Waals surface area contributed by atoms with Crippen molar-refractivity contribution in [1.29, 1.82) is 0 Å². The number of rotatable bonds is 7. The third-order valence-corrected chi connectivity index (χ3v) is 6.96. The Balaban J connectivity index is 1.85. The maximum absolute atomic E-state index is 13.4. The maximum Gasteiger partial charge on any atom is 0.269 e. The van der Waals surface area contributed by atoms with E-state index in [0.717, 1.165) is 24.0 Å². The van der Waals surface area contributed by atoms with Crippen molar-refractivity contribution < 1.29 is 19.1 Å². The molecule has 1 amide bonds. The Labute approximate surface area is 186 Å². The molecule has 2 aromatic rings. The first-order chi connectivity index (χ1) is 14.2. The first-order valence-electron chi connectivity index (χ1n) is 10.0. The van der Waals surface area contributed by atoms with Gasteiger partial charge >= 0.3 is 0 Å². The van der Waals surface area contributed by atoms with E-state index in [-0.39, 0.29) is 17.8 Å². The third-order valence-electron chi connectivity index (χ3n) is 5.08. The fourth-order valence-electron chi connectivity index (χ4n) is 3.53. The molecule has 1 aliphatic rings. The summed E-state index contributed by atoms with van der Waals surface area (Å²) in [6.45, 7) is 9.89. The molecule has 0 spiro atoms. The number of halogens is 1. The summed E-state index contributed by atoms with van der Waals surface area (Å²) in [6, 6.07) is 3.65. The molecule has 2 atom stereocenters. The molecule has 30 heavy (non-hydrogen) atoms. The lowest BCUT2D eigenvalue weighted by atomic mass is 10.1. The van der Waals surface area contributed by atoms with Gasteiger partial charge in [0.2, 0.25) is 0 Å². The van der Waals surface area contributed by atoms with Crippen molar-refractivity contribution in [1.82, 2.24) is 4.98 Å². The zero-order valence-electron chi connectivity index (χ0n) is 18.0. The van der Waals surface area contributed by atoms with Crippen molar-refractivity contribution in [2.45, 2.75) is 59.7 Å². The second-order valence-electron chi connectivity index (χ2n) is 7.68. The molecule has 1 aliphatic heterocycles. The molecule has 0 radical (unpaired) electrons. The van der Waals surface area contributed by atoms with Gasteiger partial charge in [-0.2, -0.15) is 0 Å². The van der Waals surface area contributed by atoms with E-state index in [1.165, 1.54) is 18.3 Å². The van der Waals surface area contributed by atoms with Crippen LogP contribution < -0.4 is 9.64 Å². The number of ketones is 1. The Kier molecular flexibility index (Phi) is 7.16. The second kappa shape index (κ2) is 9.45. The van der Waals surface area contributed by atoms with Gasteiger partial charge in [-0.25, -0.2) is 4.98 Å². The number of hydrogen-bond donors (Lipinski definition) is 0. The minimum absolute atomic E-state index is 0.0499. The number of hydrogen-bond acceptors (Lipinski definition) is 6. The lowest BCUT2D eigenvalue weighted by molar-refractivity contribution is -0.125. The highest BCUT2D eigenvalue weighted by Crippen LogP contribution is 2.30. The molecule has 1 fully saturated rings. The molecule has 3 rings (SSSR count). The molecule has 1 aromatic carbocycles. The standard InChI is InChI=1S/C22H27ClN2O4S/c1-12-9-18(10-13(2)19(12)23)29-16(5)21(27)25(11-17-7-6-8-28-17)22-24-14(3)20(30-22)15(4)26/h9-10,16-17H,6-8,11H2,1-5H3/t16-,17+/m1/s1.